The number of nitrogens with two attached hydrogens (primary N) is 1. The summed E-state index contributed by atoms with van der Waals surface area (Å²) >= 11 is 0. The molecule has 0 saturated carbocycles. The molecule has 0 heterocycles. The number of ether oxygens (including phenoxy) is 2. The molecule has 0 atom stereocenters. The fourth-order valence-electron chi connectivity index (χ4n) is 1.51. The van der Waals surface area contributed by atoms with Gasteiger partial charge in [0, 0.05) is 5.70 Å². The molecule has 0 radical (unpaired) electrons. The van der Waals surface area contributed by atoms with Crippen LogP contribution in [0.4, 0.5) is 0 Å². The number of esters is 1. The van der Waals surface area contributed by atoms with Crippen LogP contribution in [0.1, 0.15) is 41.0 Å². The Bertz CT molecular complexity index is 635. The third kappa shape index (κ3) is 16.8. The van der Waals surface area contributed by atoms with Crippen LogP contribution >= 0.6 is 0 Å². The summed E-state index contributed by atoms with van der Waals surface area (Å²) in [5.74, 6) is 0.0735. The number of carbonyl (C=O) groups is 2. The number of hydrogen-bond donors (Lipinski definition) is 3. The first-order valence-corrected chi connectivity index (χ1v) is 9.37. The van der Waals surface area contributed by atoms with Crippen molar-refractivity contribution in [1.29, 1.82) is 0 Å². The Morgan fingerprint density at radius 1 is 1.10 bits per heavy atom. The second-order valence-electron chi connectivity index (χ2n) is 4.52. The number of aromatic hydroxyl groups is 1. The molecule has 0 aliphatic heterocycles. The molecular weight excluding hydrogens is 372 g/mol. The molecule has 1 aromatic carbocycles. The van der Waals surface area contributed by atoms with E-state index in [0.717, 1.165) is 0 Å². The van der Waals surface area contributed by atoms with Crippen LogP contribution in [-0.4, -0.2) is 31.1 Å². The summed E-state index contributed by atoms with van der Waals surface area (Å²) in [4.78, 5) is 22.5. The number of methoxy groups -OCH3 is 1. The minimum atomic E-state index is -0.603. The van der Waals surface area contributed by atoms with Crippen molar-refractivity contribution in [3.8, 4) is 11.5 Å². The highest BCUT2D eigenvalue weighted by Gasteiger charge is 2.08. The predicted molar refractivity (Wildman–Crippen MR) is 118 cm³/mol. The van der Waals surface area contributed by atoms with Crippen LogP contribution in [-0.2, 0) is 14.3 Å². The van der Waals surface area contributed by atoms with Crippen LogP contribution in [0.5, 0.6) is 11.5 Å². The number of phenolic OH excluding ortho intramolecular Hbond substituents is 1. The summed E-state index contributed by atoms with van der Waals surface area (Å²) in [6.07, 6.45) is 4.40. The van der Waals surface area contributed by atoms with E-state index in [4.69, 9.17) is 4.74 Å². The maximum atomic E-state index is 11.5. The van der Waals surface area contributed by atoms with E-state index in [1.165, 1.54) is 32.4 Å². The number of nitrogens with one attached hydrogen (secondary N) is 1. The molecule has 0 fully saturated rings. The van der Waals surface area contributed by atoms with Crippen LogP contribution in [0.3, 0.4) is 0 Å². The molecule has 0 unspecified atom stereocenters. The fraction of sp³-hybridized carbons (Fsp3) is 0.364. The lowest BCUT2D eigenvalue weighted by Gasteiger charge is -2.06. The third-order valence-electron chi connectivity index (χ3n) is 2.64. The molecule has 0 aliphatic rings. The molecule has 0 aromatic heterocycles. The van der Waals surface area contributed by atoms with Crippen molar-refractivity contribution in [1.82, 2.24) is 5.32 Å². The van der Waals surface area contributed by atoms with Crippen molar-refractivity contribution < 1.29 is 24.2 Å². The zero-order valence-corrected chi connectivity index (χ0v) is 18.6. The lowest BCUT2D eigenvalue weighted by Crippen LogP contribution is -2.24. The SMILES string of the molecule is C=C/C(=C\C=C(/C)NC(=O)CC(=O)OC)Oc1ccc(O)cc1.CC.CC.CN. The minimum absolute atomic E-state index is 0.144. The van der Waals surface area contributed by atoms with E-state index in [2.05, 4.69) is 22.4 Å². The number of carbonyl (C=O) groups excluding carboxylic acids is 2. The molecule has 0 spiro atoms. The highest BCUT2D eigenvalue weighted by atomic mass is 16.5. The summed E-state index contributed by atoms with van der Waals surface area (Å²) in [6.45, 7) is 13.3. The van der Waals surface area contributed by atoms with Crippen molar-refractivity contribution in [3.63, 3.8) is 0 Å². The number of phenols is 1. The fourth-order valence-corrected chi connectivity index (χ4v) is 1.51. The maximum absolute atomic E-state index is 11.5. The average Bonchev–Trinajstić information content (AvgIpc) is 2.76. The normalized spacial score (nSPS) is 9.79. The molecule has 164 valence electrons. The summed E-state index contributed by atoms with van der Waals surface area (Å²) < 4.78 is 9.97. The zero-order valence-electron chi connectivity index (χ0n) is 18.6. The van der Waals surface area contributed by atoms with Gasteiger partial charge in [-0.05, 0) is 56.5 Å². The van der Waals surface area contributed by atoms with E-state index >= 15 is 0 Å². The van der Waals surface area contributed by atoms with Crippen LogP contribution in [0.2, 0.25) is 0 Å². The molecule has 7 nitrogen and oxygen atoms in total. The van der Waals surface area contributed by atoms with Gasteiger partial charge in [-0.15, -0.1) is 0 Å². The molecule has 0 saturated heterocycles. The van der Waals surface area contributed by atoms with Crippen LogP contribution < -0.4 is 15.8 Å². The number of hydrogen-bond acceptors (Lipinski definition) is 6. The quantitative estimate of drug-likeness (QED) is 0.272. The van der Waals surface area contributed by atoms with Crippen molar-refractivity contribution in [2.24, 2.45) is 5.73 Å². The molecular formula is C22H36N2O5. The Labute approximate surface area is 174 Å². The smallest absolute Gasteiger partial charge is 0.315 e. The Hall–Kier alpha value is -3.06. The number of amides is 1. The van der Waals surface area contributed by atoms with Crippen molar-refractivity contribution in [2.45, 2.75) is 41.0 Å². The molecule has 0 aliphatic carbocycles. The van der Waals surface area contributed by atoms with Gasteiger partial charge in [0.05, 0.1) is 7.11 Å². The monoisotopic (exact) mass is 408 g/mol. The molecule has 1 aromatic rings. The lowest BCUT2D eigenvalue weighted by molar-refractivity contribution is -0.143. The largest absolute Gasteiger partial charge is 0.508 e. The molecule has 7 heteroatoms. The van der Waals surface area contributed by atoms with Gasteiger partial charge in [0.2, 0.25) is 5.91 Å². The van der Waals surface area contributed by atoms with E-state index in [9.17, 15) is 14.7 Å². The molecule has 1 rings (SSSR count). The van der Waals surface area contributed by atoms with E-state index in [1.54, 1.807) is 31.2 Å². The summed E-state index contributed by atoms with van der Waals surface area (Å²) in [5, 5.41) is 11.8. The zero-order chi connectivity index (χ0) is 23.2. The average molecular weight is 409 g/mol. The summed E-state index contributed by atoms with van der Waals surface area (Å²) in [6, 6.07) is 6.23. The van der Waals surface area contributed by atoms with Gasteiger partial charge >= 0.3 is 5.97 Å². The Morgan fingerprint density at radius 2 is 1.62 bits per heavy atom. The van der Waals surface area contributed by atoms with E-state index in [-0.39, 0.29) is 12.2 Å². The highest BCUT2D eigenvalue weighted by molar-refractivity contribution is 5.94. The lowest BCUT2D eigenvalue weighted by atomic mass is 10.3. The Morgan fingerprint density at radius 3 is 2.07 bits per heavy atom. The van der Waals surface area contributed by atoms with Gasteiger partial charge in [-0.25, -0.2) is 0 Å². The van der Waals surface area contributed by atoms with Gasteiger partial charge in [0.15, 0.2) is 0 Å². The molecule has 4 N–H and O–H groups in total. The van der Waals surface area contributed by atoms with Gasteiger partial charge < -0.3 is 25.6 Å². The van der Waals surface area contributed by atoms with E-state index in [0.29, 0.717) is 17.2 Å². The topological polar surface area (TPSA) is 111 Å². The molecule has 29 heavy (non-hydrogen) atoms. The first kappa shape index (κ1) is 30.7. The number of rotatable bonds is 7. The first-order chi connectivity index (χ1) is 13.9. The summed E-state index contributed by atoms with van der Waals surface area (Å²) in [7, 11) is 2.72. The number of allylic oxidation sites excluding steroid dienone is 4. The van der Waals surface area contributed by atoms with Crippen LogP contribution in [0, 0.1) is 0 Å². The second kappa shape index (κ2) is 21.2. The Balaban J connectivity index is -0.00000103. The standard InChI is InChI=1S/C17H19NO5.2C2H6.CH5N/c1-4-14(23-15-9-6-13(19)7-10-15)8-5-12(2)18-16(20)11-17(21)22-3;3*1-2/h4-10,19H,1,11H2,2-3H3,(H,18,20);2*1-2H3;2H2,1H3/b12-5+,14-8+;;;. The molecule has 1 amide bonds. The van der Waals surface area contributed by atoms with Crippen molar-refractivity contribution in [3.05, 3.63) is 60.5 Å². The maximum Gasteiger partial charge on any atom is 0.315 e. The van der Waals surface area contributed by atoms with Crippen LogP contribution in [0.15, 0.2) is 60.5 Å². The van der Waals surface area contributed by atoms with Gasteiger partial charge in [-0.3, -0.25) is 9.59 Å². The van der Waals surface area contributed by atoms with E-state index in [1.807, 2.05) is 27.7 Å². The van der Waals surface area contributed by atoms with Gasteiger partial charge in [0.1, 0.15) is 23.7 Å². The van der Waals surface area contributed by atoms with Gasteiger partial charge in [0.25, 0.3) is 0 Å². The van der Waals surface area contributed by atoms with Crippen molar-refractivity contribution >= 4 is 11.9 Å². The van der Waals surface area contributed by atoms with Crippen molar-refractivity contribution in [2.75, 3.05) is 14.2 Å². The predicted octanol–water partition coefficient (Wildman–Crippen LogP) is 4.05. The highest BCUT2D eigenvalue weighted by Crippen LogP contribution is 2.18. The second-order valence-corrected chi connectivity index (χ2v) is 4.52. The van der Waals surface area contributed by atoms with Gasteiger partial charge in [-0.1, -0.05) is 34.3 Å². The van der Waals surface area contributed by atoms with Crippen LogP contribution in [0.25, 0.3) is 0 Å². The third-order valence-corrected chi connectivity index (χ3v) is 2.64. The number of benzene rings is 1. The van der Waals surface area contributed by atoms with E-state index < -0.39 is 11.9 Å². The van der Waals surface area contributed by atoms with Gasteiger partial charge in [-0.2, -0.15) is 0 Å². The Kier molecular flexibility index (Phi) is 22.5. The summed E-state index contributed by atoms with van der Waals surface area (Å²) in [5.41, 5.74) is 5.03. The molecule has 0 bridgehead atoms. The first-order valence-electron chi connectivity index (χ1n) is 9.37. The minimum Gasteiger partial charge on any atom is -0.508 e.